The van der Waals surface area contributed by atoms with Crippen LogP contribution in [0.15, 0.2) is 36.4 Å². The molecule has 0 fully saturated rings. The van der Waals surface area contributed by atoms with E-state index in [1.807, 2.05) is 26.0 Å². The van der Waals surface area contributed by atoms with Crippen molar-refractivity contribution in [1.29, 1.82) is 0 Å². The number of anilines is 2. The van der Waals surface area contributed by atoms with Crippen LogP contribution < -0.4 is 15.4 Å². The van der Waals surface area contributed by atoms with E-state index in [2.05, 4.69) is 10.6 Å². The Kier molecular flexibility index (Phi) is 5.93. The molecule has 0 radical (unpaired) electrons. The Balaban J connectivity index is 2.17. The molecule has 0 saturated heterocycles. The van der Waals surface area contributed by atoms with Crippen LogP contribution in [0.2, 0.25) is 5.02 Å². The maximum atomic E-state index is 12.7. The molecule has 2 aromatic carbocycles. The first-order valence-corrected chi connectivity index (χ1v) is 8.56. The first-order chi connectivity index (χ1) is 12.1. The first kappa shape index (κ1) is 19.8. The quantitative estimate of drug-likeness (QED) is 0.753. The van der Waals surface area contributed by atoms with Gasteiger partial charge in [0.25, 0.3) is 0 Å². The van der Waals surface area contributed by atoms with E-state index in [1.165, 1.54) is 7.11 Å². The van der Waals surface area contributed by atoms with E-state index in [-0.39, 0.29) is 0 Å². The van der Waals surface area contributed by atoms with Gasteiger partial charge in [-0.15, -0.1) is 0 Å². The minimum atomic E-state index is -1.30. The van der Waals surface area contributed by atoms with Crippen molar-refractivity contribution in [3.63, 3.8) is 0 Å². The predicted molar refractivity (Wildman–Crippen MR) is 105 cm³/mol. The molecular weight excluding hydrogens is 352 g/mol. The van der Waals surface area contributed by atoms with Crippen molar-refractivity contribution >= 4 is 34.8 Å². The zero-order chi connectivity index (χ0) is 19.5. The van der Waals surface area contributed by atoms with E-state index in [0.717, 1.165) is 11.1 Å². The number of nitrogens with one attached hydrogen (secondary N) is 2. The highest BCUT2D eigenvalue weighted by Gasteiger charge is 2.36. The molecule has 2 N–H and O–H groups in total. The van der Waals surface area contributed by atoms with E-state index < -0.39 is 17.2 Å². The number of methoxy groups -OCH3 is 1. The van der Waals surface area contributed by atoms with Gasteiger partial charge in [-0.3, -0.25) is 9.59 Å². The molecule has 6 heteroatoms. The van der Waals surface area contributed by atoms with Crippen molar-refractivity contribution in [2.45, 2.75) is 27.7 Å². The number of amides is 2. The monoisotopic (exact) mass is 374 g/mol. The summed E-state index contributed by atoms with van der Waals surface area (Å²) >= 11 is 6.09. The molecule has 2 rings (SSSR count). The van der Waals surface area contributed by atoms with E-state index in [9.17, 15) is 9.59 Å². The van der Waals surface area contributed by atoms with Crippen molar-refractivity contribution in [1.82, 2.24) is 0 Å². The fraction of sp³-hybridized carbons (Fsp3) is 0.300. The Morgan fingerprint density at radius 2 is 1.65 bits per heavy atom. The summed E-state index contributed by atoms with van der Waals surface area (Å²) < 4.78 is 5.26. The number of halogens is 1. The molecule has 5 nitrogen and oxygen atoms in total. The summed E-state index contributed by atoms with van der Waals surface area (Å²) in [6.45, 7) is 6.92. The summed E-state index contributed by atoms with van der Waals surface area (Å²) in [5.41, 5.74) is 1.65. The van der Waals surface area contributed by atoms with Gasteiger partial charge in [0, 0.05) is 10.7 Å². The summed E-state index contributed by atoms with van der Waals surface area (Å²) in [5, 5.41) is 6.07. The molecule has 138 valence electrons. The van der Waals surface area contributed by atoms with Gasteiger partial charge in [0.1, 0.15) is 11.2 Å². The van der Waals surface area contributed by atoms with Gasteiger partial charge < -0.3 is 15.4 Å². The molecule has 0 aliphatic carbocycles. The molecule has 0 atom stereocenters. The average molecular weight is 375 g/mol. The summed E-state index contributed by atoms with van der Waals surface area (Å²) in [5.74, 6) is -0.330. The highest BCUT2D eigenvalue weighted by atomic mass is 35.5. The van der Waals surface area contributed by atoms with Gasteiger partial charge >= 0.3 is 0 Å². The van der Waals surface area contributed by atoms with Crippen LogP contribution in [-0.2, 0) is 9.59 Å². The fourth-order valence-electron chi connectivity index (χ4n) is 2.26. The maximum absolute atomic E-state index is 12.7. The van der Waals surface area contributed by atoms with Crippen molar-refractivity contribution in [3.05, 3.63) is 52.5 Å². The van der Waals surface area contributed by atoms with Gasteiger partial charge in [0.05, 0.1) is 12.8 Å². The van der Waals surface area contributed by atoms with Crippen LogP contribution >= 0.6 is 11.6 Å². The van der Waals surface area contributed by atoms with E-state index in [1.54, 1.807) is 38.1 Å². The number of benzene rings is 2. The third kappa shape index (κ3) is 4.35. The molecule has 0 heterocycles. The Morgan fingerprint density at radius 1 is 1.00 bits per heavy atom. The molecule has 0 aliphatic heterocycles. The SMILES string of the molecule is COc1ccc(C)cc1NC(=O)C(C)(C)C(=O)Nc1ccc(C)c(Cl)c1. The lowest BCUT2D eigenvalue weighted by Gasteiger charge is -2.23. The maximum Gasteiger partial charge on any atom is 0.239 e. The van der Waals surface area contributed by atoms with E-state index in [0.29, 0.717) is 22.1 Å². The molecule has 0 spiro atoms. The van der Waals surface area contributed by atoms with Crippen LogP contribution in [0, 0.1) is 19.3 Å². The van der Waals surface area contributed by atoms with E-state index >= 15 is 0 Å². The Hall–Kier alpha value is -2.53. The van der Waals surface area contributed by atoms with Gasteiger partial charge in [-0.05, 0) is 63.1 Å². The molecule has 0 aromatic heterocycles. The number of aryl methyl sites for hydroxylation is 2. The molecular formula is C20H23ClN2O3. The zero-order valence-corrected chi connectivity index (χ0v) is 16.3. The molecule has 0 saturated carbocycles. The lowest BCUT2D eigenvalue weighted by Crippen LogP contribution is -2.41. The Labute approximate surface area is 158 Å². The topological polar surface area (TPSA) is 67.4 Å². The minimum Gasteiger partial charge on any atom is -0.495 e. The van der Waals surface area contributed by atoms with Crippen LogP contribution in [0.4, 0.5) is 11.4 Å². The number of carbonyl (C=O) groups excluding carboxylic acids is 2. The first-order valence-electron chi connectivity index (χ1n) is 8.19. The molecule has 26 heavy (non-hydrogen) atoms. The number of hydrogen-bond donors (Lipinski definition) is 2. The largest absolute Gasteiger partial charge is 0.495 e. The summed E-state index contributed by atoms with van der Waals surface area (Å²) in [7, 11) is 1.53. The average Bonchev–Trinajstić information content (AvgIpc) is 2.58. The smallest absolute Gasteiger partial charge is 0.239 e. The second-order valence-electron chi connectivity index (χ2n) is 6.70. The lowest BCUT2D eigenvalue weighted by atomic mass is 9.90. The third-order valence-corrected chi connectivity index (χ3v) is 4.58. The van der Waals surface area contributed by atoms with Gasteiger partial charge in [-0.2, -0.15) is 0 Å². The van der Waals surface area contributed by atoms with Crippen molar-refractivity contribution in [2.75, 3.05) is 17.7 Å². The standard InChI is InChI=1S/C20H23ClN2O3/c1-12-6-9-17(26-5)16(10-12)23-19(25)20(3,4)18(24)22-14-8-7-13(2)15(21)11-14/h6-11H,1-5H3,(H,22,24)(H,23,25). The van der Waals surface area contributed by atoms with Crippen molar-refractivity contribution < 1.29 is 14.3 Å². The fourth-order valence-corrected chi connectivity index (χ4v) is 2.44. The zero-order valence-electron chi connectivity index (χ0n) is 15.6. The number of ether oxygens (including phenoxy) is 1. The van der Waals surface area contributed by atoms with Crippen LogP contribution in [0.3, 0.4) is 0 Å². The lowest BCUT2D eigenvalue weighted by molar-refractivity contribution is -0.135. The second-order valence-corrected chi connectivity index (χ2v) is 7.11. The van der Waals surface area contributed by atoms with Gasteiger partial charge in [0.2, 0.25) is 11.8 Å². The molecule has 0 bridgehead atoms. The highest BCUT2D eigenvalue weighted by Crippen LogP contribution is 2.29. The molecule has 0 aliphatic rings. The number of hydrogen-bond acceptors (Lipinski definition) is 3. The van der Waals surface area contributed by atoms with Crippen LogP contribution in [0.5, 0.6) is 5.75 Å². The van der Waals surface area contributed by atoms with Crippen LogP contribution in [0.1, 0.15) is 25.0 Å². The minimum absolute atomic E-state index is 0.429. The van der Waals surface area contributed by atoms with Crippen molar-refractivity contribution in [3.8, 4) is 5.75 Å². The normalized spacial score (nSPS) is 11.0. The molecule has 0 unspecified atom stereocenters. The van der Waals surface area contributed by atoms with Gasteiger partial charge in [-0.25, -0.2) is 0 Å². The second kappa shape index (κ2) is 7.79. The summed E-state index contributed by atoms with van der Waals surface area (Å²) in [6.07, 6.45) is 0. The third-order valence-electron chi connectivity index (χ3n) is 4.17. The van der Waals surface area contributed by atoms with E-state index in [4.69, 9.17) is 16.3 Å². The van der Waals surface area contributed by atoms with Crippen LogP contribution in [0.25, 0.3) is 0 Å². The predicted octanol–water partition coefficient (Wildman–Crippen LogP) is 4.57. The summed E-state index contributed by atoms with van der Waals surface area (Å²) in [4.78, 5) is 25.4. The molecule has 2 aromatic rings. The number of carbonyl (C=O) groups is 2. The summed E-state index contributed by atoms with van der Waals surface area (Å²) in [6, 6.07) is 10.7. The van der Waals surface area contributed by atoms with Crippen LogP contribution in [-0.4, -0.2) is 18.9 Å². The number of rotatable bonds is 5. The Morgan fingerprint density at radius 3 is 2.27 bits per heavy atom. The van der Waals surface area contributed by atoms with Crippen molar-refractivity contribution in [2.24, 2.45) is 5.41 Å². The Bertz CT molecular complexity index is 847. The van der Waals surface area contributed by atoms with Gasteiger partial charge in [-0.1, -0.05) is 23.7 Å². The van der Waals surface area contributed by atoms with Gasteiger partial charge in [0.15, 0.2) is 0 Å². The molecule has 2 amide bonds. The highest BCUT2D eigenvalue weighted by molar-refractivity contribution is 6.31.